The molecule has 2 atom stereocenters. The van der Waals surface area contributed by atoms with E-state index in [1.165, 1.54) is 0 Å². The lowest BCUT2D eigenvalue weighted by atomic mass is 9.77. The fourth-order valence-electron chi connectivity index (χ4n) is 2.80. The molecule has 21 heavy (non-hydrogen) atoms. The number of azide groups is 1. The van der Waals surface area contributed by atoms with Crippen molar-refractivity contribution in [3.8, 4) is 0 Å². The van der Waals surface area contributed by atoms with Crippen LogP contribution in [0, 0.1) is 5.92 Å². The van der Waals surface area contributed by atoms with Gasteiger partial charge in [-0.3, -0.25) is 4.79 Å². The van der Waals surface area contributed by atoms with Gasteiger partial charge in [-0.2, -0.15) is 0 Å². The number of nitrogens with zero attached hydrogens (tertiary/aromatic N) is 3. The molecule has 1 aliphatic heterocycles. The molecule has 7 heteroatoms. The number of carboxylic acid groups (broad SMARTS) is 1. The van der Waals surface area contributed by atoms with E-state index >= 15 is 0 Å². The highest BCUT2D eigenvalue weighted by Crippen LogP contribution is 2.36. The van der Waals surface area contributed by atoms with Gasteiger partial charge in [-0.15, -0.1) is 0 Å². The van der Waals surface area contributed by atoms with Gasteiger partial charge in [0, 0.05) is 29.1 Å². The first kappa shape index (κ1) is 15.6. The molecular weight excluding hydrogens is 294 g/mol. The van der Waals surface area contributed by atoms with E-state index in [1.54, 1.807) is 24.3 Å². The molecule has 2 rings (SSSR count). The van der Waals surface area contributed by atoms with Crippen molar-refractivity contribution in [1.82, 2.24) is 0 Å². The van der Waals surface area contributed by atoms with Crippen LogP contribution in [0.25, 0.3) is 10.4 Å². The van der Waals surface area contributed by atoms with Crippen LogP contribution in [-0.4, -0.2) is 30.3 Å². The zero-order valence-electron chi connectivity index (χ0n) is 11.4. The van der Waals surface area contributed by atoms with E-state index in [0.717, 1.165) is 18.4 Å². The summed E-state index contributed by atoms with van der Waals surface area (Å²) < 4.78 is 5.33. The van der Waals surface area contributed by atoms with Gasteiger partial charge in [0.1, 0.15) is 6.04 Å². The maximum absolute atomic E-state index is 11.5. The Bertz CT molecular complexity index is 535. The number of carbonyl (C=O) groups is 1. The average Bonchev–Trinajstić information content (AvgIpc) is 2.49. The van der Waals surface area contributed by atoms with Gasteiger partial charge in [0.15, 0.2) is 0 Å². The largest absolute Gasteiger partial charge is 0.481 e. The smallest absolute Gasteiger partial charge is 0.313 e. The minimum absolute atomic E-state index is 0.103. The first-order chi connectivity index (χ1) is 10.1. The van der Waals surface area contributed by atoms with E-state index in [1.807, 2.05) is 0 Å². The molecule has 1 aromatic carbocycles. The van der Waals surface area contributed by atoms with Crippen molar-refractivity contribution < 1.29 is 14.6 Å². The maximum Gasteiger partial charge on any atom is 0.313 e. The Balaban J connectivity index is 2.38. The van der Waals surface area contributed by atoms with Gasteiger partial charge in [-0.25, -0.2) is 0 Å². The Morgan fingerprint density at radius 3 is 2.52 bits per heavy atom. The van der Waals surface area contributed by atoms with Crippen molar-refractivity contribution in [3.63, 3.8) is 0 Å². The molecule has 1 heterocycles. The molecule has 0 aliphatic carbocycles. The predicted octanol–water partition coefficient (Wildman–Crippen LogP) is 3.61. The van der Waals surface area contributed by atoms with Crippen molar-refractivity contribution >= 4 is 17.6 Å². The van der Waals surface area contributed by atoms with Crippen LogP contribution in [0.1, 0.15) is 24.3 Å². The third-order valence-corrected chi connectivity index (χ3v) is 4.05. The number of benzene rings is 1. The number of halogens is 1. The number of aliphatic carboxylic acids is 1. The highest BCUT2D eigenvalue weighted by Gasteiger charge is 2.35. The van der Waals surface area contributed by atoms with E-state index in [2.05, 4.69) is 10.0 Å². The number of hydrogen-bond acceptors (Lipinski definition) is 3. The Labute approximate surface area is 127 Å². The molecule has 1 N–H and O–H groups in total. The molecule has 0 bridgehead atoms. The fourth-order valence-corrected chi connectivity index (χ4v) is 2.93. The van der Waals surface area contributed by atoms with E-state index in [-0.39, 0.29) is 11.8 Å². The quantitative estimate of drug-likeness (QED) is 0.511. The molecule has 0 aromatic heterocycles. The van der Waals surface area contributed by atoms with Crippen LogP contribution in [-0.2, 0) is 9.53 Å². The summed E-state index contributed by atoms with van der Waals surface area (Å²) in [6.07, 6.45) is 1.50. The molecule has 1 aliphatic rings. The summed E-state index contributed by atoms with van der Waals surface area (Å²) >= 11 is 5.89. The van der Waals surface area contributed by atoms with Crippen molar-refractivity contribution in [2.24, 2.45) is 11.0 Å². The van der Waals surface area contributed by atoms with Crippen LogP contribution in [0.15, 0.2) is 29.4 Å². The summed E-state index contributed by atoms with van der Waals surface area (Å²) in [6, 6.07) is 5.91. The highest BCUT2D eigenvalue weighted by molar-refractivity contribution is 6.30. The second-order valence-electron chi connectivity index (χ2n) is 5.02. The monoisotopic (exact) mass is 309 g/mol. The van der Waals surface area contributed by atoms with Crippen LogP contribution in [0.3, 0.4) is 0 Å². The first-order valence-electron chi connectivity index (χ1n) is 6.73. The van der Waals surface area contributed by atoms with E-state index in [9.17, 15) is 9.90 Å². The van der Waals surface area contributed by atoms with Gasteiger partial charge < -0.3 is 9.84 Å². The maximum atomic E-state index is 11.5. The Hall–Kier alpha value is -1.75. The number of rotatable bonds is 5. The fraction of sp³-hybridized carbons (Fsp3) is 0.500. The van der Waals surface area contributed by atoms with E-state index < -0.39 is 12.0 Å². The topological polar surface area (TPSA) is 95.3 Å². The SMILES string of the molecule is [N-]=[N+]=NC(C(=O)O)[C@@H](c1ccc(Cl)cc1)C1CCOCC1. The van der Waals surface area contributed by atoms with Gasteiger partial charge in [0.05, 0.1) is 0 Å². The number of carboxylic acids is 1. The zero-order chi connectivity index (χ0) is 15.2. The number of hydrogen-bond donors (Lipinski definition) is 1. The summed E-state index contributed by atoms with van der Waals surface area (Å²) in [6.45, 7) is 1.19. The van der Waals surface area contributed by atoms with Gasteiger partial charge in [-0.1, -0.05) is 28.8 Å². The molecule has 0 saturated carbocycles. The Kier molecular flexibility index (Phi) is 5.44. The van der Waals surface area contributed by atoms with Gasteiger partial charge in [0.25, 0.3) is 0 Å². The molecule has 1 unspecified atom stereocenters. The van der Waals surface area contributed by atoms with Crippen LogP contribution in [0.4, 0.5) is 0 Å². The minimum atomic E-state index is -1.13. The minimum Gasteiger partial charge on any atom is -0.481 e. The highest BCUT2D eigenvalue weighted by atomic mass is 35.5. The predicted molar refractivity (Wildman–Crippen MR) is 78.3 cm³/mol. The lowest BCUT2D eigenvalue weighted by molar-refractivity contribution is -0.139. The summed E-state index contributed by atoms with van der Waals surface area (Å²) in [4.78, 5) is 14.2. The van der Waals surface area contributed by atoms with Crippen LogP contribution in [0.5, 0.6) is 0 Å². The normalized spacial score (nSPS) is 18.5. The third kappa shape index (κ3) is 3.88. The van der Waals surface area contributed by atoms with Gasteiger partial charge >= 0.3 is 5.97 Å². The molecule has 0 spiro atoms. The van der Waals surface area contributed by atoms with Crippen molar-refractivity contribution in [1.29, 1.82) is 0 Å². The second kappa shape index (κ2) is 7.31. The Morgan fingerprint density at radius 2 is 2.00 bits per heavy atom. The summed E-state index contributed by atoms with van der Waals surface area (Å²) in [5, 5.41) is 13.5. The van der Waals surface area contributed by atoms with E-state index in [4.69, 9.17) is 21.9 Å². The molecule has 0 amide bonds. The molecular formula is C14H16ClN3O3. The standard InChI is InChI=1S/C14H16ClN3O3/c15-11-3-1-9(2-4-11)12(10-5-7-21-8-6-10)13(14(19)20)17-18-16/h1-4,10,12-13H,5-8H2,(H,19,20)/t12-,13?/m0/s1. The molecule has 6 nitrogen and oxygen atoms in total. The molecule has 1 aromatic rings. The lowest BCUT2D eigenvalue weighted by Gasteiger charge is -2.32. The van der Waals surface area contributed by atoms with Gasteiger partial charge in [-0.05, 0) is 42.0 Å². The van der Waals surface area contributed by atoms with Gasteiger partial charge in [0.2, 0.25) is 0 Å². The summed E-state index contributed by atoms with van der Waals surface area (Å²) in [5.74, 6) is -1.38. The second-order valence-corrected chi connectivity index (χ2v) is 5.45. The van der Waals surface area contributed by atoms with Crippen LogP contribution >= 0.6 is 11.6 Å². The Morgan fingerprint density at radius 1 is 1.38 bits per heavy atom. The molecule has 112 valence electrons. The first-order valence-corrected chi connectivity index (χ1v) is 7.11. The summed E-state index contributed by atoms with van der Waals surface area (Å²) in [7, 11) is 0. The lowest BCUT2D eigenvalue weighted by Crippen LogP contribution is -2.34. The number of ether oxygens (including phenoxy) is 1. The summed E-state index contributed by atoms with van der Waals surface area (Å²) in [5.41, 5.74) is 9.50. The van der Waals surface area contributed by atoms with Crippen molar-refractivity contribution in [3.05, 3.63) is 45.3 Å². The van der Waals surface area contributed by atoms with Crippen molar-refractivity contribution in [2.45, 2.75) is 24.8 Å². The molecule has 0 radical (unpaired) electrons. The van der Waals surface area contributed by atoms with Crippen molar-refractivity contribution in [2.75, 3.05) is 13.2 Å². The van der Waals surface area contributed by atoms with Crippen LogP contribution in [0.2, 0.25) is 5.02 Å². The molecule has 1 fully saturated rings. The third-order valence-electron chi connectivity index (χ3n) is 3.80. The zero-order valence-corrected chi connectivity index (χ0v) is 12.1. The average molecular weight is 310 g/mol. The van der Waals surface area contributed by atoms with E-state index in [0.29, 0.717) is 18.2 Å². The van der Waals surface area contributed by atoms with Crippen LogP contribution < -0.4 is 0 Å². The molecule has 1 saturated heterocycles.